The molecule has 0 fully saturated rings. The van der Waals surface area contributed by atoms with Crippen molar-refractivity contribution in [1.82, 2.24) is 30.4 Å². The van der Waals surface area contributed by atoms with Crippen molar-refractivity contribution >= 4 is 34.8 Å². The number of thioether (sulfide) groups is 1. The molecular weight excluding hydrogens is 423 g/mol. The number of esters is 1. The van der Waals surface area contributed by atoms with Gasteiger partial charge in [0.05, 0.1) is 35.5 Å². The summed E-state index contributed by atoms with van der Waals surface area (Å²) in [7, 11) is 0. The van der Waals surface area contributed by atoms with Crippen LogP contribution >= 0.6 is 11.8 Å². The normalized spacial score (nSPS) is 16.2. The molecule has 1 atom stereocenters. The average Bonchev–Trinajstić information content (AvgIpc) is 3.17. The predicted octanol–water partition coefficient (Wildman–Crippen LogP) is 2.57. The summed E-state index contributed by atoms with van der Waals surface area (Å²) in [6.45, 7) is 3.69. The van der Waals surface area contributed by atoms with Crippen molar-refractivity contribution in [3.05, 3.63) is 53.9 Å². The second-order valence-corrected chi connectivity index (χ2v) is 7.63. The second kappa shape index (κ2) is 8.72. The number of nitrogens with zero attached hydrogens (tertiary/aromatic N) is 4. The molecule has 160 valence electrons. The maximum absolute atomic E-state index is 13.2. The fraction of sp³-hybridized carbons (Fsp3) is 0.250. The lowest BCUT2D eigenvalue weighted by Crippen LogP contribution is -2.49. The quantitative estimate of drug-likeness (QED) is 0.343. The van der Waals surface area contributed by atoms with E-state index in [1.54, 1.807) is 36.9 Å². The molecule has 0 bridgehead atoms. The van der Waals surface area contributed by atoms with E-state index in [4.69, 9.17) is 4.74 Å². The minimum Gasteiger partial charge on any atom is -0.463 e. The van der Waals surface area contributed by atoms with E-state index in [-0.39, 0.29) is 18.5 Å². The zero-order valence-corrected chi connectivity index (χ0v) is 17.6. The van der Waals surface area contributed by atoms with E-state index in [0.717, 1.165) is 0 Å². The minimum atomic E-state index is -0.477. The van der Waals surface area contributed by atoms with Crippen molar-refractivity contribution in [2.75, 3.05) is 12.4 Å². The fourth-order valence-corrected chi connectivity index (χ4v) is 4.17. The molecule has 1 aliphatic heterocycles. The van der Waals surface area contributed by atoms with Crippen LogP contribution in [0.25, 0.3) is 16.7 Å². The third kappa shape index (κ3) is 4.22. The highest BCUT2D eigenvalue weighted by molar-refractivity contribution is 7.99. The van der Waals surface area contributed by atoms with Crippen LogP contribution in [0.1, 0.15) is 13.8 Å². The molecule has 0 saturated heterocycles. The molecule has 0 radical (unpaired) electrons. The Morgan fingerprint density at radius 2 is 2.06 bits per heavy atom. The van der Waals surface area contributed by atoms with Gasteiger partial charge in [0, 0.05) is 11.4 Å². The monoisotopic (exact) mass is 442 g/mol. The number of fused-ring (bicyclic) bond motifs is 1. The number of nitrogens with one attached hydrogen (secondary N) is 2. The fourth-order valence-electron chi connectivity index (χ4n) is 3.24. The van der Waals surface area contributed by atoms with Gasteiger partial charge >= 0.3 is 12.0 Å². The van der Waals surface area contributed by atoms with Crippen molar-refractivity contribution in [3.8, 4) is 5.69 Å². The summed E-state index contributed by atoms with van der Waals surface area (Å²) in [5, 5.41) is 11.1. The van der Waals surface area contributed by atoms with Crippen LogP contribution in [0.2, 0.25) is 0 Å². The first-order chi connectivity index (χ1) is 15.0. The molecule has 2 aromatic heterocycles. The van der Waals surface area contributed by atoms with Gasteiger partial charge in [-0.3, -0.25) is 0 Å². The van der Waals surface area contributed by atoms with Gasteiger partial charge < -0.3 is 15.4 Å². The Morgan fingerprint density at radius 1 is 1.29 bits per heavy atom. The Hall–Kier alpha value is -3.47. The molecule has 2 amide bonds. The first kappa shape index (κ1) is 20.8. The van der Waals surface area contributed by atoms with E-state index in [9.17, 15) is 14.0 Å². The number of aromatic nitrogens is 4. The van der Waals surface area contributed by atoms with Crippen molar-refractivity contribution in [3.63, 3.8) is 0 Å². The molecular formula is C20H19FN6O3S. The Morgan fingerprint density at radius 3 is 2.81 bits per heavy atom. The molecule has 11 heteroatoms. The molecule has 1 aromatic carbocycles. The summed E-state index contributed by atoms with van der Waals surface area (Å²) in [5.41, 5.74) is 2.07. The van der Waals surface area contributed by atoms with Crippen LogP contribution < -0.4 is 10.6 Å². The number of hydrogen-bond donors (Lipinski definition) is 2. The number of benzene rings is 1. The van der Waals surface area contributed by atoms with Gasteiger partial charge in [-0.1, -0.05) is 11.8 Å². The van der Waals surface area contributed by atoms with Gasteiger partial charge in [0.15, 0.2) is 5.65 Å². The lowest BCUT2D eigenvalue weighted by atomic mass is 10.1. The molecule has 31 heavy (non-hydrogen) atoms. The summed E-state index contributed by atoms with van der Waals surface area (Å²) >= 11 is 1.34. The van der Waals surface area contributed by atoms with E-state index in [1.165, 1.54) is 30.2 Å². The highest BCUT2D eigenvalue weighted by Gasteiger charge is 2.29. The van der Waals surface area contributed by atoms with Gasteiger partial charge in [-0.05, 0) is 38.1 Å². The zero-order valence-electron chi connectivity index (χ0n) is 16.8. The number of carbonyl (C=O) groups excluding carboxylic acids is 2. The standard InChI is InChI=1S/C20H19FN6O3S/c1-3-30-19(28)16-11(2)25-20(29)26-15(16)9-31-18-14-8-24-27(17(14)22-10-23-18)13-6-4-12(21)5-7-13/h4-8,10-11H,3,9H2,1-2H3,(H2,25,26,29)/t11-/m1/s1. The van der Waals surface area contributed by atoms with Crippen molar-refractivity contribution < 1.29 is 18.7 Å². The van der Waals surface area contributed by atoms with E-state index in [2.05, 4.69) is 25.7 Å². The zero-order chi connectivity index (χ0) is 22.0. The Balaban J connectivity index is 1.64. The molecule has 0 unspecified atom stereocenters. The smallest absolute Gasteiger partial charge is 0.337 e. The largest absolute Gasteiger partial charge is 0.463 e. The Bertz CT molecular complexity index is 1180. The number of carbonyl (C=O) groups is 2. The van der Waals surface area contributed by atoms with Crippen molar-refractivity contribution in [2.45, 2.75) is 24.9 Å². The Labute approximate surface area is 181 Å². The third-order valence-corrected chi connectivity index (χ3v) is 5.65. The molecule has 4 rings (SSSR count). The van der Waals surface area contributed by atoms with E-state index < -0.39 is 12.0 Å². The lowest BCUT2D eigenvalue weighted by molar-refractivity contribution is -0.138. The van der Waals surface area contributed by atoms with Crippen LogP contribution in [0.4, 0.5) is 9.18 Å². The number of rotatable bonds is 6. The van der Waals surface area contributed by atoms with Crippen LogP contribution in [0.5, 0.6) is 0 Å². The van der Waals surface area contributed by atoms with Gasteiger partial charge in [-0.15, -0.1) is 0 Å². The summed E-state index contributed by atoms with van der Waals surface area (Å²) in [6.07, 6.45) is 3.04. The molecule has 0 saturated carbocycles. The molecule has 3 aromatic rings. The van der Waals surface area contributed by atoms with Crippen LogP contribution in [0.3, 0.4) is 0 Å². The van der Waals surface area contributed by atoms with E-state index in [1.807, 2.05) is 0 Å². The van der Waals surface area contributed by atoms with E-state index >= 15 is 0 Å². The summed E-state index contributed by atoms with van der Waals surface area (Å²) in [4.78, 5) is 33.0. The first-order valence-electron chi connectivity index (χ1n) is 9.53. The predicted molar refractivity (Wildman–Crippen MR) is 112 cm³/mol. The van der Waals surface area contributed by atoms with Crippen LogP contribution in [0.15, 0.2) is 53.1 Å². The third-order valence-electron chi connectivity index (χ3n) is 4.62. The number of ether oxygens (including phenoxy) is 1. The maximum atomic E-state index is 13.2. The molecule has 2 N–H and O–H groups in total. The first-order valence-corrected chi connectivity index (χ1v) is 10.5. The molecule has 9 nitrogen and oxygen atoms in total. The summed E-state index contributed by atoms with van der Waals surface area (Å²) in [6, 6.07) is 5.06. The highest BCUT2D eigenvalue weighted by atomic mass is 32.2. The molecule has 0 spiro atoms. The number of amides is 2. The summed E-state index contributed by atoms with van der Waals surface area (Å²) < 4.78 is 20.0. The van der Waals surface area contributed by atoms with Gasteiger partial charge in [-0.25, -0.2) is 28.6 Å². The van der Waals surface area contributed by atoms with Crippen molar-refractivity contribution in [2.24, 2.45) is 0 Å². The number of urea groups is 1. The lowest BCUT2D eigenvalue weighted by Gasteiger charge is -2.26. The second-order valence-electron chi connectivity index (χ2n) is 6.67. The number of hydrogen-bond acceptors (Lipinski definition) is 7. The maximum Gasteiger partial charge on any atom is 0.337 e. The SMILES string of the molecule is CCOC(=O)C1=C(CSc2ncnc3c2cnn3-c2ccc(F)cc2)NC(=O)N[C@@H]1C. The average molecular weight is 442 g/mol. The Kier molecular flexibility index (Phi) is 5.85. The topological polar surface area (TPSA) is 111 Å². The minimum absolute atomic E-state index is 0.235. The molecule has 0 aliphatic carbocycles. The number of halogens is 1. The summed E-state index contributed by atoms with van der Waals surface area (Å²) in [5.74, 6) is -0.523. The van der Waals surface area contributed by atoms with Crippen LogP contribution in [0, 0.1) is 5.82 Å². The van der Waals surface area contributed by atoms with Gasteiger partial charge in [0.2, 0.25) is 0 Å². The molecule has 3 heterocycles. The van der Waals surface area contributed by atoms with Gasteiger partial charge in [0.25, 0.3) is 0 Å². The van der Waals surface area contributed by atoms with Crippen LogP contribution in [-0.2, 0) is 9.53 Å². The highest BCUT2D eigenvalue weighted by Crippen LogP contribution is 2.28. The van der Waals surface area contributed by atoms with E-state index in [0.29, 0.717) is 38.8 Å². The molecule has 1 aliphatic rings. The van der Waals surface area contributed by atoms with Gasteiger partial charge in [-0.2, -0.15) is 5.10 Å². The van der Waals surface area contributed by atoms with Gasteiger partial charge in [0.1, 0.15) is 17.2 Å². The van der Waals surface area contributed by atoms with Crippen LogP contribution in [-0.4, -0.2) is 50.2 Å². The van der Waals surface area contributed by atoms with Crippen molar-refractivity contribution in [1.29, 1.82) is 0 Å².